The Morgan fingerprint density at radius 1 is 1.50 bits per heavy atom. The molecule has 1 aliphatic heterocycles. The van der Waals surface area contributed by atoms with Crippen molar-refractivity contribution in [3.63, 3.8) is 0 Å². The molecule has 3 nitrogen and oxygen atoms in total. The van der Waals surface area contributed by atoms with Crippen molar-refractivity contribution in [3.05, 3.63) is 11.8 Å². The second-order valence-corrected chi connectivity index (χ2v) is 4.44. The van der Waals surface area contributed by atoms with Gasteiger partial charge in [-0.25, -0.2) is 4.68 Å². The summed E-state index contributed by atoms with van der Waals surface area (Å²) in [6.07, 6.45) is 7.18. The molecule has 1 aromatic rings. The fourth-order valence-corrected chi connectivity index (χ4v) is 2.48. The van der Waals surface area contributed by atoms with Crippen molar-refractivity contribution in [2.45, 2.75) is 38.6 Å². The van der Waals surface area contributed by atoms with E-state index in [1.165, 1.54) is 30.6 Å². The number of aryl methyl sites for hydroxylation is 1. The molecule has 0 amide bonds. The largest absolute Gasteiger partial charge is 0.370 e. The van der Waals surface area contributed by atoms with E-state index in [-0.39, 0.29) is 0 Å². The van der Waals surface area contributed by atoms with Crippen LogP contribution in [0.3, 0.4) is 0 Å². The van der Waals surface area contributed by atoms with E-state index in [9.17, 15) is 0 Å². The van der Waals surface area contributed by atoms with Gasteiger partial charge in [0.15, 0.2) is 0 Å². The molecule has 1 N–H and O–H groups in total. The van der Waals surface area contributed by atoms with E-state index >= 15 is 0 Å². The van der Waals surface area contributed by atoms with Crippen molar-refractivity contribution in [3.8, 4) is 0 Å². The summed E-state index contributed by atoms with van der Waals surface area (Å²) >= 11 is 0. The molecule has 0 bridgehead atoms. The first-order chi connectivity index (χ1) is 6.90. The van der Waals surface area contributed by atoms with E-state index in [1.54, 1.807) is 0 Å². The molecule has 0 spiro atoms. The lowest BCUT2D eigenvalue weighted by molar-refractivity contribution is 0.375. The van der Waals surface area contributed by atoms with Crippen LogP contribution >= 0.6 is 0 Å². The van der Waals surface area contributed by atoms with Gasteiger partial charge in [0.25, 0.3) is 0 Å². The summed E-state index contributed by atoms with van der Waals surface area (Å²) in [5.41, 5.74) is 1.37. The molecule has 0 radical (unpaired) electrons. The zero-order valence-electron chi connectivity index (χ0n) is 8.66. The van der Waals surface area contributed by atoms with Gasteiger partial charge >= 0.3 is 0 Å². The highest BCUT2D eigenvalue weighted by Crippen LogP contribution is 2.44. The van der Waals surface area contributed by atoms with E-state index < -0.39 is 0 Å². The first kappa shape index (κ1) is 8.33. The molecule has 3 heteroatoms. The van der Waals surface area contributed by atoms with Crippen LogP contribution in [0.15, 0.2) is 6.20 Å². The Morgan fingerprint density at radius 2 is 2.36 bits per heavy atom. The molecule has 76 valence electrons. The summed E-state index contributed by atoms with van der Waals surface area (Å²) in [6.45, 7) is 3.32. The summed E-state index contributed by atoms with van der Waals surface area (Å²) in [4.78, 5) is 0. The molecule has 3 rings (SSSR count). The quantitative estimate of drug-likeness (QED) is 0.776. The van der Waals surface area contributed by atoms with E-state index in [1.807, 2.05) is 6.20 Å². The predicted molar refractivity (Wildman–Crippen MR) is 56.5 cm³/mol. The van der Waals surface area contributed by atoms with Gasteiger partial charge in [-0.2, -0.15) is 5.10 Å². The Bertz CT molecular complexity index is 338. The summed E-state index contributed by atoms with van der Waals surface area (Å²) in [5.74, 6) is 2.20. The minimum atomic E-state index is 0.687. The smallest absolute Gasteiger partial charge is 0.127 e. The third-order valence-corrected chi connectivity index (χ3v) is 3.46. The van der Waals surface area contributed by atoms with Crippen molar-refractivity contribution in [2.75, 3.05) is 11.9 Å². The van der Waals surface area contributed by atoms with E-state index in [2.05, 4.69) is 22.0 Å². The van der Waals surface area contributed by atoms with Crippen LogP contribution in [0, 0.1) is 5.92 Å². The maximum absolute atomic E-state index is 4.52. The first-order valence-electron chi connectivity index (χ1n) is 5.70. The van der Waals surface area contributed by atoms with Crippen LogP contribution in [0.25, 0.3) is 0 Å². The third kappa shape index (κ3) is 1.15. The van der Waals surface area contributed by atoms with Crippen molar-refractivity contribution in [1.29, 1.82) is 0 Å². The fourth-order valence-electron chi connectivity index (χ4n) is 2.48. The molecule has 1 unspecified atom stereocenters. The second kappa shape index (κ2) is 3.01. The standard InChI is InChI=1S/C11H17N3/c1-2-8-7-13-14-10(9-3-4-9)5-6-12-11(8)14/h7,9-10,12H,2-6H2,1H3. The zero-order chi connectivity index (χ0) is 9.54. The topological polar surface area (TPSA) is 29.9 Å². The molecular formula is C11H17N3. The lowest BCUT2D eigenvalue weighted by Gasteiger charge is -2.26. The normalized spacial score (nSPS) is 25.6. The average Bonchev–Trinajstić information content (AvgIpc) is 2.97. The summed E-state index contributed by atoms with van der Waals surface area (Å²) < 4.78 is 2.24. The number of hydrogen-bond donors (Lipinski definition) is 1. The van der Waals surface area contributed by atoms with Gasteiger partial charge in [0.05, 0.1) is 12.2 Å². The Kier molecular flexibility index (Phi) is 1.79. The summed E-state index contributed by atoms with van der Waals surface area (Å²) in [7, 11) is 0. The number of hydrogen-bond acceptors (Lipinski definition) is 2. The Labute approximate surface area is 84.5 Å². The molecule has 1 aromatic heterocycles. The lowest BCUT2D eigenvalue weighted by atomic mass is 10.1. The van der Waals surface area contributed by atoms with Crippen LogP contribution < -0.4 is 5.32 Å². The highest BCUT2D eigenvalue weighted by atomic mass is 15.4. The van der Waals surface area contributed by atoms with Gasteiger partial charge in [0.1, 0.15) is 5.82 Å². The number of rotatable bonds is 2. The van der Waals surface area contributed by atoms with Gasteiger partial charge in [0.2, 0.25) is 0 Å². The predicted octanol–water partition coefficient (Wildman–Crippen LogP) is 2.21. The number of nitrogens with zero attached hydrogens (tertiary/aromatic N) is 2. The van der Waals surface area contributed by atoms with Crippen molar-refractivity contribution < 1.29 is 0 Å². The molecule has 1 aliphatic carbocycles. The molecule has 0 aromatic carbocycles. The average molecular weight is 191 g/mol. The van der Waals surface area contributed by atoms with Crippen molar-refractivity contribution >= 4 is 5.82 Å². The summed E-state index contributed by atoms with van der Waals surface area (Å²) in [5, 5.41) is 8.00. The van der Waals surface area contributed by atoms with E-state index in [0.717, 1.165) is 18.9 Å². The van der Waals surface area contributed by atoms with Gasteiger partial charge in [-0.3, -0.25) is 0 Å². The SMILES string of the molecule is CCc1cnn2c1NCCC2C1CC1. The van der Waals surface area contributed by atoms with E-state index in [0.29, 0.717) is 6.04 Å². The maximum Gasteiger partial charge on any atom is 0.127 e. The zero-order valence-corrected chi connectivity index (χ0v) is 8.66. The maximum atomic E-state index is 4.52. The molecule has 14 heavy (non-hydrogen) atoms. The molecule has 1 saturated carbocycles. The number of aromatic nitrogens is 2. The van der Waals surface area contributed by atoms with Gasteiger partial charge in [0, 0.05) is 12.1 Å². The van der Waals surface area contributed by atoms with Crippen LogP contribution in [0.5, 0.6) is 0 Å². The highest BCUT2D eigenvalue weighted by Gasteiger charge is 2.35. The lowest BCUT2D eigenvalue weighted by Crippen LogP contribution is -2.25. The molecular weight excluding hydrogens is 174 g/mol. The molecule has 1 fully saturated rings. The third-order valence-electron chi connectivity index (χ3n) is 3.46. The minimum Gasteiger partial charge on any atom is -0.370 e. The van der Waals surface area contributed by atoms with E-state index in [4.69, 9.17) is 0 Å². The van der Waals surface area contributed by atoms with Gasteiger partial charge in [-0.1, -0.05) is 6.92 Å². The van der Waals surface area contributed by atoms with Gasteiger partial charge in [-0.05, 0) is 31.6 Å². The van der Waals surface area contributed by atoms with Crippen LogP contribution in [0.2, 0.25) is 0 Å². The monoisotopic (exact) mass is 191 g/mol. The number of nitrogens with one attached hydrogen (secondary N) is 1. The Morgan fingerprint density at radius 3 is 3.07 bits per heavy atom. The van der Waals surface area contributed by atoms with Crippen LogP contribution in [-0.2, 0) is 6.42 Å². The molecule has 1 atom stereocenters. The van der Waals surface area contributed by atoms with Crippen molar-refractivity contribution in [2.24, 2.45) is 5.92 Å². The summed E-state index contributed by atoms with van der Waals surface area (Å²) in [6, 6.07) is 0.687. The number of anilines is 1. The van der Waals surface area contributed by atoms with Crippen LogP contribution in [0.1, 0.15) is 37.8 Å². The molecule has 2 heterocycles. The Hall–Kier alpha value is -0.990. The highest BCUT2D eigenvalue weighted by molar-refractivity contribution is 5.45. The second-order valence-electron chi connectivity index (χ2n) is 4.44. The number of fused-ring (bicyclic) bond motifs is 1. The van der Waals surface area contributed by atoms with Crippen LogP contribution in [-0.4, -0.2) is 16.3 Å². The van der Waals surface area contributed by atoms with Crippen molar-refractivity contribution in [1.82, 2.24) is 9.78 Å². The fraction of sp³-hybridized carbons (Fsp3) is 0.727. The molecule has 2 aliphatic rings. The minimum absolute atomic E-state index is 0.687. The van der Waals surface area contributed by atoms with Gasteiger partial charge < -0.3 is 5.32 Å². The first-order valence-corrected chi connectivity index (χ1v) is 5.70. The van der Waals surface area contributed by atoms with Crippen LogP contribution in [0.4, 0.5) is 5.82 Å². The van der Waals surface area contributed by atoms with Gasteiger partial charge in [-0.15, -0.1) is 0 Å². The molecule has 0 saturated heterocycles. The Balaban J connectivity index is 1.97.